The summed E-state index contributed by atoms with van der Waals surface area (Å²) in [4.78, 5) is 23.4. The van der Waals surface area contributed by atoms with E-state index < -0.39 is 0 Å². The molecule has 0 aliphatic carbocycles. The molecule has 0 saturated carbocycles. The minimum Gasteiger partial charge on any atom is -0.372 e. The molecule has 0 atom stereocenters. The number of nitrogens with zero attached hydrogens (tertiary/aromatic N) is 3. The van der Waals surface area contributed by atoms with E-state index in [0.717, 1.165) is 30.0 Å². The van der Waals surface area contributed by atoms with Gasteiger partial charge >= 0.3 is 0 Å². The number of nitrogens with one attached hydrogen (secondary N) is 2. The lowest BCUT2D eigenvalue weighted by Crippen LogP contribution is -2.23. The van der Waals surface area contributed by atoms with Crippen molar-refractivity contribution in [3.63, 3.8) is 0 Å². The number of aryl methyl sites for hydroxylation is 1. The maximum absolute atomic E-state index is 12.5. The van der Waals surface area contributed by atoms with Crippen LogP contribution in [0.15, 0.2) is 60.9 Å². The third-order valence-corrected chi connectivity index (χ3v) is 4.78. The second kappa shape index (κ2) is 9.68. The first-order chi connectivity index (χ1) is 14.1. The zero-order chi connectivity index (χ0) is 20.6. The third-order valence-electron chi connectivity index (χ3n) is 4.78. The minimum atomic E-state index is -0.158. The fraction of sp³-hybridized carbons (Fsp3) is 0.261. The van der Waals surface area contributed by atoms with Crippen LogP contribution in [-0.2, 0) is 6.54 Å². The predicted molar refractivity (Wildman–Crippen MR) is 118 cm³/mol. The molecule has 0 spiro atoms. The minimum absolute atomic E-state index is 0.158. The Labute approximate surface area is 172 Å². The topological polar surface area (TPSA) is 70.2 Å². The Bertz CT molecular complexity index is 954. The van der Waals surface area contributed by atoms with Gasteiger partial charge in [0.05, 0.1) is 12.2 Å². The fourth-order valence-corrected chi connectivity index (χ4v) is 3.13. The zero-order valence-electron chi connectivity index (χ0n) is 17.1. The lowest BCUT2D eigenvalue weighted by molar-refractivity contribution is 0.0950. The molecule has 6 nitrogen and oxygen atoms in total. The van der Waals surface area contributed by atoms with Crippen molar-refractivity contribution >= 4 is 23.1 Å². The molecule has 3 rings (SSSR count). The summed E-state index contributed by atoms with van der Waals surface area (Å²) in [6.07, 6.45) is 3.35. The van der Waals surface area contributed by atoms with Crippen molar-refractivity contribution in [3.8, 4) is 0 Å². The van der Waals surface area contributed by atoms with Gasteiger partial charge in [-0.3, -0.25) is 9.78 Å². The number of carbonyl (C=O) groups is 1. The van der Waals surface area contributed by atoms with Crippen LogP contribution in [0.5, 0.6) is 0 Å². The van der Waals surface area contributed by atoms with Crippen LogP contribution in [0.1, 0.15) is 35.5 Å². The number of pyridine rings is 2. The predicted octanol–water partition coefficient (Wildman–Crippen LogP) is 4.30. The van der Waals surface area contributed by atoms with Crippen molar-refractivity contribution in [1.29, 1.82) is 0 Å². The molecule has 0 aliphatic rings. The Morgan fingerprint density at radius 2 is 1.83 bits per heavy atom. The van der Waals surface area contributed by atoms with Gasteiger partial charge in [0.1, 0.15) is 5.82 Å². The number of hydrogen-bond acceptors (Lipinski definition) is 5. The molecule has 1 aromatic carbocycles. The van der Waals surface area contributed by atoms with Crippen LogP contribution in [-0.4, -0.2) is 29.0 Å². The first-order valence-corrected chi connectivity index (χ1v) is 9.87. The molecular formula is C23H27N5O. The smallest absolute Gasteiger partial charge is 0.251 e. The van der Waals surface area contributed by atoms with Gasteiger partial charge < -0.3 is 15.5 Å². The van der Waals surface area contributed by atoms with Crippen LogP contribution in [0.2, 0.25) is 0 Å². The summed E-state index contributed by atoms with van der Waals surface area (Å²) in [6.45, 7) is 8.70. The second-order valence-corrected chi connectivity index (χ2v) is 6.73. The Morgan fingerprint density at radius 1 is 1.00 bits per heavy atom. The van der Waals surface area contributed by atoms with Gasteiger partial charge in [-0.2, -0.15) is 0 Å². The third kappa shape index (κ3) is 5.31. The average molecular weight is 390 g/mol. The summed E-state index contributed by atoms with van der Waals surface area (Å²) in [7, 11) is 0. The lowest BCUT2D eigenvalue weighted by atomic mass is 10.1. The number of aromatic nitrogens is 2. The van der Waals surface area contributed by atoms with E-state index in [1.54, 1.807) is 24.5 Å². The summed E-state index contributed by atoms with van der Waals surface area (Å²) in [6, 6.07) is 15.4. The number of hydrogen-bond donors (Lipinski definition) is 2. The van der Waals surface area contributed by atoms with Gasteiger partial charge in [-0.15, -0.1) is 0 Å². The highest BCUT2D eigenvalue weighted by molar-refractivity contribution is 5.94. The van der Waals surface area contributed by atoms with E-state index in [9.17, 15) is 4.79 Å². The highest BCUT2D eigenvalue weighted by Crippen LogP contribution is 2.25. The van der Waals surface area contributed by atoms with Gasteiger partial charge in [-0.25, -0.2) is 4.98 Å². The maximum atomic E-state index is 12.5. The summed E-state index contributed by atoms with van der Waals surface area (Å²) in [5, 5.41) is 6.21. The molecule has 150 valence electrons. The van der Waals surface area contributed by atoms with Crippen molar-refractivity contribution in [2.45, 2.75) is 27.3 Å². The van der Waals surface area contributed by atoms with Gasteiger partial charge in [0.2, 0.25) is 0 Å². The van der Waals surface area contributed by atoms with E-state index in [2.05, 4.69) is 64.5 Å². The standard InChI is InChI=1S/C23H27N5O/c1-4-28(5-2)20-9-10-21(17(3)14-20)27-22-15-18(11-13-25-22)23(29)26-16-19-8-6-7-12-24-19/h6-15H,4-5,16H2,1-3H3,(H,25,27)(H,26,29). The first-order valence-electron chi connectivity index (χ1n) is 9.87. The summed E-state index contributed by atoms with van der Waals surface area (Å²) in [5.74, 6) is 0.476. The molecule has 0 bridgehead atoms. The van der Waals surface area contributed by atoms with Crippen LogP contribution in [0.4, 0.5) is 17.2 Å². The highest BCUT2D eigenvalue weighted by Gasteiger charge is 2.09. The molecule has 0 unspecified atom stereocenters. The summed E-state index contributed by atoms with van der Waals surface area (Å²) < 4.78 is 0. The van der Waals surface area contributed by atoms with Crippen LogP contribution in [0.25, 0.3) is 0 Å². The number of amides is 1. The van der Waals surface area contributed by atoms with E-state index in [0.29, 0.717) is 17.9 Å². The van der Waals surface area contributed by atoms with Gasteiger partial charge in [0.25, 0.3) is 5.91 Å². The molecular weight excluding hydrogens is 362 g/mol. The molecule has 3 aromatic rings. The van der Waals surface area contributed by atoms with Crippen LogP contribution < -0.4 is 15.5 Å². The van der Waals surface area contributed by atoms with Crippen molar-refractivity contribution in [2.75, 3.05) is 23.3 Å². The summed E-state index contributed by atoms with van der Waals surface area (Å²) in [5.41, 5.74) is 4.67. The lowest BCUT2D eigenvalue weighted by Gasteiger charge is -2.22. The second-order valence-electron chi connectivity index (χ2n) is 6.73. The van der Waals surface area contributed by atoms with E-state index >= 15 is 0 Å². The van der Waals surface area contributed by atoms with E-state index in [4.69, 9.17) is 0 Å². The molecule has 0 aliphatic heterocycles. The Kier molecular flexibility index (Phi) is 6.79. The molecule has 2 heterocycles. The van der Waals surface area contributed by atoms with E-state index in [1.807, 2.05) is 18.2 Å². The number of rotatable bonds is 8. The fourth-order valence-electron chi connectivity index (χ4n) is 3.13. The Morgan fingerprint density at radius 3 is 2.52 bits per heavy atom. The Hall–Kier alpha value is -3.41. The van der Waals surface area contributed by atoms with Crippen LogP contribution in [0, 0.1) is 6.92 Å². The van der Waals surface area contributed by atoms with Crippen LogP contribution in [0.3, 0.4) is 0 Å². The summed E-state index contributed by atoms with van der Waals surface area (Å²) >= 11 is 0. The van der Waals surface area contributed by atoms with Crippen molar-refractivity contribution in [2.24, 2.45) is 0 Å². The molecule has 29 heavy (non-hydrogen) atoms. The van der Waals surface area contributed by atoms with E-state index in [-0.39, 0.29) is 5.91 Å². The molecule has 0 saturated heterocycles. The molecule has 0 fully saturated rings. The highest BCUT2D eigenvalue weighted by atomic mass is 16.1. The Balaban J connectivity index is 1.68. The van der Waals surface area contributed by atoms with Gasteiger partial charge in [-0.1, -0.05) is 6.07 Å². The quantitative estimate of drug-likeness (QED) is 0.601. The first kappa shape index (κ1) is 20.3. The van der Waals surface area contributed by atoms with Crippen LogP contribution >= 0.6 is 0 Å². The van der Waals surface area contributed by atoms with Gasteiger partial charge in [0.15, 0.2) is 0 Å². The van der Waals surface area contributed by atoms with Gasteiger partial charge in [-0.05, 0) is 68.8 Å². The SMILES string of the molecule is CCN(CC)c1ccc(Nc2cc(C(=O)NCc3ccccn3)ccn2)c(C)c1. The average Bonchev–Trinajstić information content (AvgIpc) is 2.75. The largest absolute Gasteiger partial charge is 0.372 e. The number of anilines is 3. The molecule has 0 radical (unpaired) electrons. The van der Waals surface area contributed by atoms with E-state index in [1.165, 1.54) is 5.69 Å². The van der Waals surface area contributed by atoms with Gasteiger partial charge in [0, 0.05) is 42.4 Å². The molecule has 2 N–H and O–H groups in total. The normalized spacial score (nSPS) is 10.4. The molecule has 2 aromatic heterocycles. The number of carbonyl (C=O) groups excluding carboxylic acids is 1. The molecule has 6 heteroatoms. The molecule has 1 amide bonds. The van der Waals surface area contributed by atoms with Crippen molar-refractivity contribution in [3.05, 3.63) is 77.7 Å². The van der Waals surface area contributed by atoms with Crippen molar-refractivity contribution < 1.29 is 4.79 Å². The number of benzene rings is 1. The monoisotopic (exact) mass is 389 g/mol. The zero-order valence-corrected chi connectivity index (χ0v) is 17.1. The van der Waals surface area contributed by atoms with Crippen molar-refractivity contribution in [1.82, 2.24) is 15.3 Å². The maximum Gasteiger partial charge on any atom is 0.251 e.